The first-order valence-electron chi connectivity index (χ1n) is 12.4. The molecule has 0 spiro atoms. The van der Waals surface area contributed by atoms with Crippen LogP contribution in [0, 0.1) is 0 Å². The summed E-state index contributed by atoms with van der Waals surface area (Å²) < 4.78 is 11.4. The van der Waals surface area contributed by atoms with Gasteiger partial charge in [0.15, 0.2) is 5.78 Å². The minimum atomic E-state index is -0.209. The SMILES string of the molecule is COc1c(N2CCOCC2)cc(C(=O)Cn2nnc(-c3cccc(C(C)(C)C)c3)n2)cc1C(C)(C)C. The first-order valence-corrected chi connectivity index (χ1v) is 12.4. The summed E-state index contributed by atoms with van der Waals surface area (Å²) in [7, 11) is 1.69. The Morgan fingerprint density at radius 2 is 1.75 bits per heavy atom. The number of morpholine rings is 1. The molecule has 1 aliphatic heterocycles. The molecule has 0 bridgehead atoms. The van der Waals surface area contributed by atoms with E-state index in [1.807, 2.05) is 24.3 Å². The van der Waals surface area contributed by atoms with Gasteiger partial charge in [-0.2, -0.15) is 4.80 Å². The lowest BCUT2D eigenvalue weighted by Crippen LogP contribution is -2.37. The summed E-state index contributed by atoms with van der Waals surface area (Å²) in [5, 5.41) is 12.9. The predicted molar refractivity (Wildman–Crippen MR) is 141 cm³/mol. The topological polar surface area (TPSA) is 82.4 Å². The Bertz CT molecular complexity index is 1230. The lowest BCUT2D eigenvalue weighted by atomic mass is 9.84. The fourth-order valence-electron chi connectivity index (χ4n) is 4.36. The van der Waals surface area contributed by atoms with E-state index in [1.165, 1.54) is 10.4 Å². The average Bonchev–Trinajstić information content (AvgIpc) is 3.31. The third kappa shape index (κ3) is 5.59. The molecule has 0 amide bonds. The van der Waals surface area contributed by atoms with Crippen LogP contribution in [0.5, 0.6) is 5.75 Å². The molecule has 8 heteroatoms. The lowest BCUT2D eigenvalue weighted by molar-refractivity contribution is 0.0961. The van der Waals surface area contributed by atoms with Gasteiger partial charge in [0.25, 0.3) is 0 Å². The number of hydrogen-bond donors (Lipinski definition) is 0. The van der Waals surface area contributed by atoms with Crippen molar-refractivity contribution in [2.24, 2.45) is 0 Å². The third-order valence-electron chi connectivity index (χ3n) is 6.48. The fraction of sp³-hybridized carbons (Fsp3) is 0.500. The molecule has 1 fully saturated rings. The van der Waals surface area contributed by atoms with Gasteiger partial charge >= 0.3 is 0 Å². The second kappa shape index (κ2) is 10.0. The highest BCUT2D eigenvalue weighted by Crippen LogP contribution is 2.40. The molecule has 0 atom stereocenters. The molecule has 2 heterocycles. The van der Waals surface area contributed by atoms with E-state index < -0.39 is 0 Å². The van der Waals surface area contributed by atoms with Crippen LogP contribution in [0.2, 0.25) is 0 Å². The Morgan fingerprint density at radius 1 is 1.03 bits per heavy atom. The minimum absolute atomic E-state index is 0.00439. The molecule has 0 N–H and O–H groups in total. The second-order valence-electron chi connectivity index (χ2n) is 11.3. The highest BCUT2D eigenvalue weighted by Gasteiger charge is 2.27. The number of Topliss-reactive ketones (excluding diaryl/α,β-unsaturated/α-hetero) is 1. The number of rotatable bonds is 6. The molecule has 4 rings (SSSR count). The van der Waals surface area contributed by atoms with Gasteiger partial charge in [-0.15, -0.1) is 10.2 Å². The Balaban J connectivity index is 1.64. The molecule has 0 aliphatic carbocycles. The fourth-order valence-corrected chi connectivity index (χ4v) is 4.36. The van der Waals surface area contributed by atoms with Crippen molar-refractivity contribution in [3.63, 3.8) is 0 Å². The number of benzene rings is 2. The van der Waals surface area contributed by atoms with Crippen molar-refractivity contribution in [1.82, 2.24) is 20.2 Å². The van der Waals surface area contributed by atoms with E-state index in [1.54, 1.807) is 7.11 Å². The number of anilines is 1. The number of aromatic nitrogens is 4. The van der Waals surface area contributed by atoms with Crippen molar-refractivity contribution in [3.05, 3.63) is 53.1 Å². The molecule has 192 valence electrons. The van der Waals surface area contributed by atoms with Crippen molar-refractivity contribution in [1.29, 1.82) is 0 Å². The van der Waals surface area contributed by atoms with Crippen LogP contribution < -0.4 is 9.64 Å². The van der Waals surface area contributed by atoms with Gasteiger partial charge in [-0.3, -0.25) is 4.79 Å². The maximum absolute atomic E-state index is 13.4. The van der Waals surface area contributed by atoms with Crippen LogP contribution in [0.4, 0.5) is 5.69 Å². The quantitative estimate of drug-likeness (QED) is 0.464. The summed E-state index contributed by atoms with van der Waals surface area (Å²) in [6.45, 7) is 15.7. The van der Waals surface area contributed by atoms with E-state index in [-0.39, 0.29) is 23.2 Å². The minimum Gasteiger partial charge on any atom is -0.494 e. The number of carbonyl (C=O) groups excluding carboxylic acids is 1. The van der Waals surface area contributed by atoms with Gasteiger partial charge in [-0.05, 0) is 39.8 Å². The second-order valence-corrected chi connectivity index (χ2v) is 11.3. The summed E-state index contributed by atoms with van der Waals surface area (Å²) in [4.78, 5) is 17.0. The van der Waals surface area contributed by atoms with E-state index in [9.17, 15) is 4.79 Å². The highest BCUT2D eigenvalue weighted by atomic mass is 16.5. The van der Waals surface area contributed by atoms with Gasteiger partial charge in [-0.1, -0.05) is 59.7 Å². The van der Waals surface area contributed by atoms with Crippen molar-refractivity contribution in [2.75, 3.05) is 38.3 Å². The van der Waals surface area contributed by atoms with Crippen LogP contribution in [-0.2, 0) is 22.1 Å². The average molecular weight is 492 g/mol. The van der Waals surface area contributed by atoms with Crippen molar-refractivity contribution in [3.8, 4) is 17.1 Å². The number of nitrogens with zero attached hydrogens (tertiary/aromatic N) is 5. The zero-order chi connectivity index (χ0) is 26.1. The summed E-state index contributed by atoms with van der Waals surface area (Å²) in [6, 6.07) is 12.0. The van der Waals surface area contributed by atoms with Gasteiger partial charge in [-0.25, -0.2) is 0 Å². The first kappa shape index (κ1) is 25.8. The molecule has 3 aromatic rings. The number of ketones is 1. The van der Waals surface area contributed by atoms with Gasteiger partial charge in [0, 0.05) is 29.8 Å². The molecule has 36 heavy (non-hydrogen) atoms. The molecule has 0 radical (unpaired) electrons. The maximum atomic E-state index is 13.4. The molecule has 0 unspecified atom stereocenters. The number of tetrazole rings is 1. The van der Waals surface area contributed by atoms with Crippen LogP contribution in [0.15, 0.2) is 36.4 Å². The van der Waals surface area contributed by atoms with Crippen LogP contribution in [-0.4, -0.2) is 59.4 Å². The Morgan fingerprint density at radius 3 is 2.39 bits per heavy atom. The third-order valence-corrected chi connectivity index (χ3v) is 6.48. The normalized spacial score (nSPS) is 14.7. The molecule has 8 nitrogen and oxygen atoms in total. The van der Waals surface area contributed by atoms with E-state index >= 15 is 0 Å². The maximum Gasteiger partial charge on any atom is 0.204 e. The highest BCUT2D eigenvalue weighted by molar-refractivity contribution is 5.97. The van der Waals surface area contributed by atoms with Crippen LogP contribution in [0.25, 0.3) is 11.4 Å². The van der Waals surface area contributed by atoms with Crippen LogP contribution in [0.1, 0.15) is 63.0 Å². The number of ether oxygens (including phenoxy) is 2. The Kier molecular flexibility index (Phi) is 7.18. The number of methoxy groups -OCH3 is 1. The monoisotopic (exact) mass is 491 g/mol. The summed E-state index contributed by atoms with van der Waals surface area (Å²) >= 11 is 0. The van der Waals surface area contributed by atoms with Crippen molar-refractivity contribution < 1.29 is 14.3 Å². The standard InChI is InChI=1S/C28H37N5O3/c1-27(2,3)21-10-8-9-19(15-21)26-29-31-33(30-26)18-24(34)20-16-22(28(4,5)6)25(35-7)23(17-20)32-11-13-36-14-12-32/h8-10,15-17H,11-14,18H2,1-7H3. The van der Waals surface area contributed by atoms with Crippen LogP contribution >= 0.6 is 0 Å². The zero-order valence-corrected chi connectivity index (χ0v) is 22.5. The smallest absolute Gasteiger partial charge is 0.204 e. The molecule has 1 saturated heterocycles. The number of hydrogen-bond acceptors (Lipinski definition) is 7. The van der Waals surface area contributed by atoms with E-state index in [4.69, 9.17) is 9.47 Å². The molecule has 2 aromatic carbocycles. The van der Waals surface area contributed by atoms with Gasteiger partial charge in [0.2, 0.25) is 5.82 Å². The molecular weight excluding hydrogens is 454 g/mol. The Hall–Kier alpha value is -3.26. The number of carbonyl (C=O) groups is 1. The zero-order valence-electron chi connectivity index (χ0n) is 22.5. The molecule has 0 saturated carbocycles. The summed E-state index contributed by atoms with van der Waals surface area (Å²) in [5.74, 6) is 1.24. The molecule has 1 aromatic heterocycles. The van der Waals surface area contributed by atoms with Gasteiger partial charge in [0.1, 0.15) is 12.3 Å². The van der Waals surface area contributed by atoms with Crippen molar-refractivity contribution in [2.45, 2.75) is 58.9 Å². The Labute approximate surface area is 213 Å². The summed E-state index contributed by atoms with van der Waals surface area (Å²) in [6.07, 6.45) is 0. The predicted octanol–water partition coefficient (Wildman–Crippen LogP) is 4.66. The molecule has 1 aliphatic rings. The van der Waals surface area contributed by atoms with Crippen LogP contribution in [0.3, 0.4) is 0 Å². The van der Waals surface area contributed by atoms with Crippen molar-refractivity contribution >= 4 is 11.5 Å². The van der Waals surface area contributed by atoms with E-state index in [2.05, 4.69) is 74.0 Å². The van der Waals surface area contributed by atoms with Gasteiger partial charge < -0.3 is 14.4 Å². The van der Waals surface area contributed by atoms with E-state index in [0.717, 1.165) is 35.7 Å². The largest absolute Gasteiger partial charge is 0.494 e. The summed E-state index contributed by atoms with van der Waals surface area (Å²) in [5.41, 5.74) is 4.40. The van der Waals surface area contributed by atoms with Gasteiger partial charge in [0.05, 0.1) is 26.0 Å². The molecular formula is C28H37N5O3. The van der Waals surface area contributed by atoms with E-state index in [0.29, 0.717) is 24.6 Å². The lowest BCUT2D eigenvalue weighted by Gasteiger charge is -2.33. The first-order chi connectivity index (χ1) is 17.0.